The van der Waals surface area contributed by atoms with Gasteiger partial charge in [-0.15, -0.1) is 5.10 Å². The Morgan fingerprint density at radius 1 is 1.21 bits per heavy atom. The number of hydrogen-bond acceptors (Lipinski definition) is 4. The van der Waals surface area contributed by atoms with Crippen LogP contribution < -0.4 is 0 Å². The molecule has 0 atom stereocenters. The first kappa shape index (κ1) is 17.3. The fourth-order valence-corrected chi connectivity index (χ4v) is 4.24. The highest BCUT2D eigenvalue weighted by molar-refractivity contribution is 5.91. The predicted octanol–water partition coefficient (Wildman–Crippen LogP) is 1.65. The molecule has 1 aliphatic carbocycles. The van der Waals surface area contributed by atoms with E-state index in [1.165, 1.54) is 12.1 Å². The van der Waals surface area contributed by atoms with Crippen molar-refractivity contribution in [1.29, 1.82) is 0 Å². The van der Waals surface area contributed by atoms with E-state index in [2.05, 4.69) is 10.3 Å². The van der Waals surface area contributed by atoms with Gasteiger partial charge >= 0.3 is 0 Å². The molecule has 28 heavy (non-hydrogen) atoms. The van der Waals surface area contributed by atoms with Crippen LogP contribution in [0.2, 0.25) is 0 Å². The molecule has 2 aliphatic heterocycles. The number of rotatable bonds is 5. The summed E-state index contributed by atoms with van der Waals surface area (Å²) >= 11 is 0. The van der Waals surface area contributed by atoms with Crippen LogP contribution >= 0.6 is 0 Å². The number of amides is 2. The summed E-state index contributed by atoms with van der Waals surface area (Å²) in [6, 6.07) is 6.40. The van der Waals surface area contributed by atoms with Crippen molar-refractivity contribution in [1.82, 2.24) is 24.8 Å². The van der Waals surface area contributed by atoms with Crippen LogP contribution in [0, 0.1) is 5.82 Å². The smallest absolute Gasteiger partial charge is 0.233 e. The van der Waals surface area contributed by atoms with Gasteiger partial charge in [-0.05, 0) is 37.0 Å². The second kappa shape index (κ2) is 6.39. The topological polar surface area (TPSA) is 71.3 Å². The summed E-state index contributed by atoms with van der Waals surface area (Å²) in [7, 11) is 0. The molecule has 3 fully saturated rings. The van der Waals surface area contributed by atoms with Crippen molar-refractivity contribution in [2.45, 2.75) is 43.7 Å². The fraction of sp³-hybridized carbons (Fsp3) is 0.500. The van der Waals surface area contributed by atoms with Crippen LogP contribution in [0.5, 0.6) is 0 Å². The van der Waals surface area contributed by atoms with Crippen molar-refractivity contribution in [3.63, 3.8) is 0 Å². The normalized spacial score (nSPS) is 21.1. The van der Waals surface area contributed by atoms with Crippen molar-refractivity contribution < 1.29 is 14.0 Å². The van der Waals surface area contributed by atoms with Gasteiger partial charge in [0.25, 0.3) is 0 Å². The van der Waals surface area contributed by atoms with Crippen LogP contribution in [0.4, 0.5) is 4.39 Å². The minimum absolute atomic E-state index is 0.114. The Labute approximate surface area is 162 Å². The zero-order valence-electron chi connectivity index (χ0n) is 15.6. The zero-order valence-corrected chi connectivity index (χ0v) is 15.6. The van der Waals surface area contributed by atoms with Gasteiger partial charge in [-0.25, -0.2) is 9.07 Å². The van der Waals surface area contributed by atoms with E-state index in [-0.39, 0.29) is 23.7 Å². The van der Waals surface area contributed by atoms with Gasteiger partial charge in [-0.1, -0.05) is 17.3 Å². The van der Waals surface area contributed by atoms with Gasteiger partial charge in [-0.3, -0.25) is 9.59 Å². The van der Waals surface area contributed by atoms with Gasteiger partial charge in [0.15, 0.2) is 0 Å². The summed E-state index contributed by atoms with van der Waals surface area (Å²) in [5.74, 6) is 0.0116. The lowest BCUT2D eigenvalue weighted by atomic mass is 9.92. The summed E-state index contributed by atoms with van der Waals surface area (Å²) < 4.78 is 15.0. The van der Waals surface area contributed by atoms with Gasteiger partial charge in [0.05, 0.1) is 24.2 Å². The Hall–Kier alpha value is -2.77. The average Bonchev–Trinajstić information content (AvgIpc) is 3.18. The second-order valence-electron chi connectivity index (χ2n) is 8.06. The number of hydrogen-bond donors (Lipinski definition) is 0. The summed E-state index contributed by atoms with van der Waals surface area (Å²) in [6.07, 6.45) is 5.03. The maximum Gasteiger partial charge on any atom is 0.233 e. The third kappa shape index (κ3) is 2.87. The highest BCUT2D eigenvalue weighted by atomic mass is 19.1. The summed E-state index contributed by atoms with van der Waals surface area (Å²) in [4.78, 5) is 28.4. The lowest BCUT2D eigenvalue weighted by Gasteiger charge is -2.41. The number of carbonyl (C=O) groups is 2. The number of carbonyl (C=O) groups excluding carboxylic acids is 2. The number of likely N-dealkylation sites (tertiary alicyclic amines) is 2. The van der Waals surface area contributed by atoms with E-state index in [9.17, 15) is 14.0 Å². The van der Waals surface area contributed by atoms with Gasteiger partial charge in [0, 0.05) is 26.1 Å². The van der Waals surface area contributed by atoms with Gasteiger partial charge in [-0.2, -0.15) is 0 Å². The van der Waals surface area contributed by atoms with Crippen LogP contribution in [0.3, 0.4) is 0 Å². The fourth-order valence-electron chi connectivity index (χ4n) is 4.24. The molecule has 0 unspecified atom stereocenters. The van der Waals surface area contributed by atoms with Crippen molar-refractivity contribution in [3.05, 3.63) is 47.5 Å². The molecule has 5 rings (SSSR count). The van der Waals surface area contributed by atoms with E-state index < -0.39 is 5.41 Å². The first-order chi connectivity index (χ1) is 13.5. The van der Waals surface area contributed by atoms with E-state index in [1.54, 1.807) is 16.8 Å². The SMILES string of the molecule is O=C1CCCN1Cc1cn(C2CN(C(=O)C3(c4ccc(F)cc4)CC3)C2)nn1. The molecule has 0 bridgehead atoms. The second-order valence-corrected chi connectivity index (χ2v) is 8.06. The Morgan fingerprint density at radius 2 is 1.96 bits per heavy atom. The standard InChI is InChI=1S/C20H22FN5O2/c21-15-5-3-14(4-6-15)20(7-8-20)19(28)25-12-17(13-25)26-11-16(22-23-26)10-24-9-1-2-18(24)27/h3-6,11,17H,1-2,7-10,12-13H2. The molecular weight excluding hydrogens is 361 g/mol. The van der Waals surface area contributed by atoms with Crippen molar-refractivity contribution >= 4 is 11.8 Å². The summed E-state index contributed by atoms with van der Waals surface area (Å²) in [6.45, 7) is 2.49. The number of halogens is 1. The largest absolute Gasteiger partial charge is 0.337 e. The van der Waals surface area contributed by atoms with Crippen LogP contribution in [0.15, 0.2) is 30.5 Å². The van der Waals surface area contributed by atoms with Crippen LogP contribution in [0.1, 0.15) is 43.0 Å². The van der Waals surface area contributed by atoms with Gasteiger partial charge < -0.3 is 9.80 Å². The van der Waals surface area contributed by atoms with E-state index >= 15 is 0 Å². The molecular formula is C20H22FN5O2. The third-order valence-electron chi connectivity index (χ3n) is 6.16. The van der Waals surface area contributed by atoms with Crippen LogP contribution in [0.25, 0.3) is 0 Å². The first-order valence-electron chi connectivity index (χ1n) is 9.79. The third-order valence-corrected chi connectivity index (χ3v) is 6.16. The molecule has 0 N–H and O–H groups in total. The lowest BCUT2D eigenvalue weighted by Crippen LogP contribution is -2.54. The van der Waals surface area contributed by atoms with Crippen LogP contribution in [-0.4, -0.2) is 56.2 Å². The molecule has 1 saturated carbocycles. The Bertz CT molecular complexity index is 915. The Balaban J connectivity index is 1.20. The van der Waals surface area contributed by atoms with E-state index in [4.69, 9.17) is 0 Å². The minimum Gasteiger partial charge on any atom is -0.337 e. The average molecular weight is 383 g/mol. The Morgan fingerprint density at radius 3 is 2.61 bits per heavy atom. The summed E-state index contributed by atoms with van der Waals surface area (Å²) in [5, 5.41) is 8.38. The van der Waals surface area contributed by atoms with Crippen molar-refractivity contribution in [2.75, 3.05) is 19.6 Å². The molecule has 0 spiro atoms. The maximum absolute atomic E-state index is 13.2. The van der Waals surface area contributed by atoms with Crippen molar-refractivity contribution in [3.8, 4) is 0 Å². The predicted molar refractivity (Wildman–Crippen MR) is 97.6 cm³/mol. The maximum atomic E-state index is 13.2. The van der Waals surface area contributed by atoms with E-state index in [0.717, 1.165) is 37.1 Å². The van der Waals surface area contributed by atoms with Crippen LogP contribution in [-0.2, 0) is 21.5 Å². The molecule has 3 aliphatic rings. The molecule has 146 valence electrons. The van der Waals surface area contributed by atoms with E-state index in [0.29, 0.717) is 26.1 Å². The highest BCUT2D eigenvalue weighted by Gasteiger charge is 2.54. The quantitative estimate of drug-likeness (QED) is 0.787. The molecule has 1 aromatic carbocycles. The molecule has 2 aromatic rings. The van der Waals surface area contributed by atoms with Gasteiger partial charge in [0.1, 0.15) is 11.5 Å². The minimum atomic E-state index is -0.470. The highest BCUT2D eigenvalue weighted by Crippen LogP contribution is 2.50. The van der Waals surface area contributed by atoms with Crippen molar-refractivity contribution in [2.24, 2.45) is 0 Å². The molecule has 2 saturated heterocycles. The molecule has 8 heteroatoms. The molecule has 0 radical (unpaired) electrons. The molecule has 2 amide bonds. The zero-order chi connectivity index (χ0) is 19.3. The Kier molecular flexibility index (Phi) is 3.96. The molecule has 3 heterocycles. The number of nitrogens with zero attached hydrogens (tertiary/aromatic N) is 5. The molecule has 7 nitrogen and oxygen atoms in total. The first-order valence-corrected chi connectivity index (χ1v) is 9.79. The summed E-state index contributed by atoms with van der Waals surface area (Å²) in [5.41, 5.74) is 1.22. The van der Waals surface area contributed by atoms with E-state index in [1.807, 2.05) is 16.0 Å². The number of aromatic nitrogens is 3. The molecule has 1 aromatic heterocycles. The number of benzene rings is 1. The van der Waals surface area contributed by atoms with Gasteiger partial charge in [0.2, 0.25) is 11.8 Å². The lowest BCUT2D eigenvalue weighted by molar-refractivity contribution is -0.140. The monoisotopic (exact) mass is 383 g/mol.